The molecule has 1 aliphatic carbocycles. The van der Waals surface area contributed by atoms with Crippen LogP contribution >= 0.6 is 0 Å². The summed E-state index contributed by atoms with van der Waals surface area (Å²) in [4.78, 5) is 0. The number of halogens is 1. The van der Waals surface area contributed by atoms with Crippen LogP contribution in [0.25, 0.3) is 0 Å². The Bertz CT molecular complexity index is 367. The summed E-state index contributed by atoms with van der Waals surface area (Å²) in [6.07, 6.45) is 2.88. The fourth-order valence-electron chi connectivity index (χ4n) is 2.37. The highest BCUT2D eigenvalue weighted by Crippen LogP contribution is 2.33. The first-order valence-corrected chi connectivity index (χ1v) is 5.22. The van der Waals surface area contributed by atoms with E-state index in [4.69, 9.17) is 10.5 Å². The molecule has 1 atom stereocenters. The summed E-state index contributed by atoms with van der Waals surface area (Å²) < 4.78 is 18.3. The second-order valence-electron chi connectivity index (χ2n) is 4.24. The van der Waals surface area contributed by atoms with Crippen LogP contribution in [0.3, 0.4) is 0 Å². The fourth-order valence-corrected chi connectivity index (χ4v) is 2.37. The maximum atomic E-state index is 13.2. The summed E-state index contributed by atoms with van der Waals surface area (Å²) in [5, 5.41) is 0. The molecule has 0 heterocycles. The van der Waals surface area contributed by atoms with Gasteiger partial charge in [0.1, 0.15) is 5.82 Å². The monoisotopic (exact) mass is 209 g/mol. The lowest BCUT2D eigenvalue weighted by Crippen LogP contribution is -2.44. The number of nitrogens with two attached hydrogens (primary N) is 1. The van der Waals surface area contributed by atoms with E-state index in [0.29, 0.717) is 6.61 Å². The quantitative estimate of drug-likeness (QED) is 0.808. The minimum Gasteiger partial charge on any atom is -0.382 e. The molecule has 2 rings (SSSR count). The van der Waals surface area contributed by atoms with Crippen LogP contribution in [0.5, 0.6) is 0 Å². The van der Waals surface area contributed by atoms with Gasteiger partial charge in [-0.15, -0.1) is 0 Å². The maximum Gasteiger partial charge on any atom is 0.123 e. The topological polar surface area (TPSA) is 35.2 Å². The molecule has 1 aromatic rings. The Morgan fingerprint density at radius 2 is 2.33 bits per heavy atom. The van der Waals surface area contributed by atoms with Crippen LogP contribution in [0.1, 0.15) is 24.0 Å². The third kappa shape index (κ3) is 1.90. The van der Waals surface area contributed by atoms with Crippen molar-refractivity contribution in [2.75, 3.05) is 13.7 Å². The van der Waals surface area contributed by atoms with Crippen molar-refractivity contribution in [1.29, 1.82) is 0 Å². The van der Waals surface area contributed by atoms with Crippen molar-refractivity contribution in [3.05, 3.63) is 35.1 Å². The molecule has 0 bridgehead atoms. The molecule has 1 unspecified atom stereocenters. The molecule has 82 valence electrons. The zero-order valence-corrected chi connectivity index (χ0v) is 8.92. The standard InChI is InChI=1S/C12H16FNO/c1-15-8-12(14)6-2-3-9-4-5-10(13)7-11(9)12/h4-5,7H,2-3,6,8,14H2,1H3. The molecule has 1 aromatic carbocycles. The lowest BCUT2D eigenvalue weighted by atomic mass is 9.77. The maximum absolute atomic E-state index is 13.2. The third-order valence-corrected chi connectivity index (χ3v) is 3.08. The molecule has 1 aliphatic rings. The largest absolute Gasteiger partial charge is 0.382 e. The Morgan fingerprint density at radius 1 is 1.53 bits per heavy atom. The van der Waals surface area contributed by atoms with Gasteiger partial charge < -0.3 is 10.5 Å². The minimum atomic E-state index is -0.509. The number of fused-ring (bicyclic) bond motifs is 1. The molecular weight excluding hydrogens is 193 g/mol. The minimum absolute atomic E-state index is 0.221. The van der Waals surface area contributed by atoms with Crippen molar-refractivity contribution < 1.29 is 9.13 Å². The van der Waals surface area contributed by atoms with Crippen LogP contribution in [-0.2, 0) is 16.7 Å². The predicted molar refractivity (Wildman–Crippen MR) is 57.1 cm³/mol. The van der Waals surface area contributed by atoms with Crippen LogP contribution in [0, 0.1) is 5.82 Å². The van der Waals surface area contributed by atoms with Crippen LogP contribution in [0.15, 0.2) is 18.2 Å². The lowest BCUT2D eigenvalue weighted by molar-refractivity contribution is 0.120. The van der Waals surface area contributed by atoms with E-state index in [1.165, 1.54) is 6.07 Å². The first-order valence-electron chi connectivity index (χ1n) is 5.22. The highest BCUT2D eigenvalue weighted by Gasteiger charge is 2.32. The van der Waals surface area contributed by atoms with E-state index >= 15 is 0 Å². The van der Waals surface area contributed by atoms with Crippen molar-refractivity contribution in [2.24, 2.45) is 5.73 Å². The molecule has 2 nitrogen and oxygen atoms in total. The average Bonchev–Trinajstić information content (AvgIpc) is 2.20. The van der Waals surface area contributed by atoms with Crippen LogP contribution in [0.4, 0.5) is 4.39 Å². The number of ether oxygens (including phenoxy) is 1. The summed E-state index contributed by atoms with van der Waals surface area (Å²) in [6.45, 7) is 0.448. The van der Waals surface area contributed by atoms with Gasteiger partial charge in [-0.2, -0.15) is 0 Å². The number of benzene rings is 1. The van der Waals surface area contributed by atoms with E-state index in [0.717, 1.165) is 30.4 Å². The molecule has 0 spiro atoms. The van der Waals surface area contributed by atoms with Gasteiger partial charge in [0.2, 0.25) is 0 Å². The predicted octanol–water partition coefficient (Wildman–Crippen LogP) is 1.96. The number of hydrogen-bond donors (Lipinski definition) is 1. The van der Waals surface area contributed by atoms with Gasteiger partial charge in [0, 0.05) is 7.11 Å². The van der Waals surface area contributed by atoms with Crippen molar-refractivity contribution in [1.82, 2.24) is 0 Å². The van der Waals surface area contributed by atoms with Gasteiger partial charge in [0.05, 0.1) is 12.1 Å². The summed E-state index contributed by atoms with van der Waals surface area (Å²) >= 11 is 0. The van der Waals surface area contributed by atoms with Gasteiger partial charge >= 0.3 is 0 Å². The van der Waals surface area contributed by atoms with Crippen LogP contribution in [0.2, 0.25) is 0 Å². The van der Waals surface area contributed by atoms with Gasteiger partial charge in [-0.3, -0.25) is 0 Å². The molecule has 0 aromatic heterocycles. The van der Waals surface area contributed by atoms with Crippen LogP contribution < -0.4 is 5.73 Å². The summed E-state index contributed by atoms with van der Waals surface area (Å²) in [5.41, 5.74) is 7.82. The summed E-state index contributed by atoms with van der Waals surface area (Å²) in [7, 11) is 1.63. The van der Waals surface area contributed by atoms with E-state index in [1.807, 2.05) is 6.07 Å². The van der Waals surface area contributed by atoms with Crippen molar-refractivity contribution in [2.45, 2.75) is 24.8 Å². The summed E-state index contributed by atoms with van der Waals surface area (Å²) in [6, 6.07) is 4.88. The van der Waals surface area contributed by atoms with Crippen molar-refractivity contribution in [3.63, 3.8) is 0 Å². The highest BCUT2D eigenvalue weighted by molar-refractivity contribution is 5.36. The first-order chi connectivity index (χ1) is 7.15. The molecule has 0 saturated heterocycles. The molecule has 15 heavy (non-hydrogen) atoms. The molecule has 0 saturated carbocycles. The molecule has 0 amide bonds. The van der Waals surface area contributed by atoms with Gasteiger partial charge in [0.25, 0.3) is 0 Å². The first kappa shape index (κ1) is 10.6. The fraction of sp³-hybridized carbons (Fsp3) is 0.500. The van der Waals surface area contributed by atoms with Gasteiger partial charge in [-0.05, 0) is 42.5 Å². The second-order valence-corrected chi connectivity index (χ2v) is 4.24. The zero-order chi connectivity index (χ0) is 10.9. The Balaban J connectivity index is 2.44. The number of methoxy groups -OCH3 is 1. The van der Waals surface area contributed by atoms with Crippen molar-refractivity contribution in [3.8, 4) is 0 Å². The van der Waals surface area contributed by atoms with E-state index in [-0.39, 0.29) is 5.82 Å². The molecule has 2 N–H and O–H groups in total. The summed E-state index contributed by atoms with van der Waals surface area (Å²) in [5.74, 6) is -0.221. The second kappa shape index (κ2) is 3.91. The Kier molecular flexibility index (Phi) is 2.76. The van der Waals surface area contributed by atoms with E-state index < -0.39 is 5.54 Å². The zero-order valence-electron chi connectivity index (χ0n) is 8.92. The van der Waals surface area contributed by atoms with Gasteiger partial charge in [-0.1, -0.05) is 6.07 Å². The van der Waals surface area contributed by atoms with Gasteiger partial charge in [0.15, 0.2) is 0 Å². The Morgan fingerprint density at radius 3 is 3.07 bits per heavy atom. The average molecular weight is 209 g/mol. The Hall–Kier alpha value is -0.930. The SMILES string of the molecule is COCC1(N)CCCc2ccc(F)cc21. The van der Waals surface area contributed by atoms with E-state index in [2.05, 4.69) is 0 Å². The third-order valence-electron chi connectivity index (χ3n) is 3.08. The van der Waals surface area contributed by atoms with Crippen molar-refractivity contribution >= 4 is 0 Å². The highest BCUT2D eigenvalue weighted by atomic mass is 19.1. The van der Waals surface area contributed by atoms with Crippen LogP contribution in [-0.4, -0.2) is 13.7 Å². The van der Waals surface area contributed by atoms with E-state index in [1.54, 1.807) is 13.2 Å². The number of aryl methyl sites for hydroxylation is 1. The molecule has 3 heteroatoms. The molecular formula is C12H16FNO. The van der Waals surface area contributed by atoms with Gasteiger partial charge in [-0.25, -0.2) is 4.39 Å². The number of hydrogen-bond acceptors (Lipinski definition) is 2. The lowest BCUT2D eigenvalue weighted by Gasteiger charge is -2.35. The molecule has 0 fully saturated rings. The normalized spacial score (nSPS) is 25.0. The smallest absolute Gasteiger partial charge is 0.123 e. The molecule has 0 aliphatic heterocycles. The number of rotatable bonds is 2. The Labute approximate surface area is 89.2 Å². The molecule has 0 radical (unpaired) electrons. The van der Waals surface area contributed by atoms with E-state index in [9.17, 15) is 4.39 Å².